The Labute approximate surface area is 77.4 Å². The van der Waals surface area contributed by atoms with Crippen LogP contribution in [-0.2, 0) is 11.2 Å². The van der Waals surface area contributed by atoms with Gasteiger partial charge in [-0.25, -0.2) is 0 Å². The first kappa shape index (κ1) is 9.74. The smallest absolute Gasteiger partial charge is 0.321 e. The summed E-state index contributed by atoms with van der Waals surface area (Å²) in [4.78, 5) is 10.6. The van der Waals surface area contributed by atoms with Crippen molar-refractivity contribution in [2.45, 2.75) is 12.5 Å². The Balaban J connectivity index is 2.62. The maximum atomic E-state index is 10.6. The lowest BCUT2D eigenvalue weighted by Gasteiger charge is -2.10. The highest BCUT2D eigenvalue weighted by atomic mass is 16.4. The minimum Gasteiger partial charge on any atom is -0.480 e. The third-order valence-corrected chi connectivity index (χ3v) is 1.83. The zero-order valence-corrected chi connectivity index (χ0v) is 7.23. The van der Waals surface area contributed by atoms with E-state index >= 15 is 0 Å². The number of hydrogen-bond acceptors (Lipinski definition) is 2. The summed E-state index contributed by atoms with van der Waals surface area (Å²) in [6, 6.07) is 8.86. The number of benzene rings is 1. The third kappa shape index (κ3) is 2.87. The number of carboxylic acid groups (broad SMARTS) is 1. The molecule has 1 aromatic rings. The highest BCUT2D eigenvalue weighted by molar-refractivity contribution is 5.73. The molecule has 3 heteroatoms. The van der Waals surface area contributed by atoms with Gasteiger partial charge in [-0.1, -0.05) is 30.3 Å². The predicted molar refractivity (Wildman–Crippen MR) is 50.1 cm³/mol. The van der Waals surface area contributed by atoms with E-state index in [2.05, 4.69) is 12.4 Å². The van der Waals surface area contributed by atoms with Crippen LogP contribution in [0.15, 0.2) is 30.3 Å². The fourth-order valence-electron chi connectivity index (χ4n) is 1.10. The van der Waals surface area contributed by atoms with Crippen molar-refractivity contribution in [1.82, 2.24) is 5.32 Å². The zero-order chi connectivity index (χ0) is 9.68. The van der Waals surface area contributed by atoms with E-state index in [-0.39, 0.29) is 0 Å². The van der Waals surface area contributed by atoms with Gasteiger partial charge in [-0.05, 0) is 12.0 Å². The van der Waals surface area contributed by atoms with Crippen LogP contribution in [0.2, 0.25) is 0 Å². The quantitative estimate of drug-likeness (QED) is 0.724. The van der Waals surface area contributed by atoms with Crippen molar-refractivity contribution in [3.8, 4) is 0 Å². The summed E-state index contributed by atoms with van der Waals surface area (Å²) < 4.78 is 0. The van der Waals surface area contributed by atoms with Crippen molar-refractivity contribution < 1.29 is 9.90 Å². The van der Waals surface area contributed by atoms with Crippen LogP contribution in [0.3, 0.4) is 0 Å². The second kappa shape index (κ2) is 4.62. The van der Waals surface area contributed by atoms with Crippen molar-refractivity contribution in [2.75, 3.05) is 0 Å². The largest absolute Gasteiger partial charge is 0.480 e. The van der Waals surface area contributed by atoms with Gasteiger partial charge in [0.15, 0.2) is 0 Å². The van der Waals surface area contributed by atoms with E-state index in [4.69, 9.17) is 5.11 Å². The molecule has 13 heavy (non-hydrogen) atoms. The van der Waals surface area contributed by atoms with Gasteiger partial charge < -0.3 is 10.4 Å². The Morgan fingerprint density at radius 1 is 1.46 bits per heavy atom. The third-order valence-electron chi connectivity index (χ3n) is 1.83. The second-order valence-electron chi connectivity index (χ2n) is 2.78. The molecule has 1 atom stereocenters. The first-order chi connectivity index (χ1) is 6.24. The summed E-state index contributed by atoms with van der Waals surface area (Å²) in [5.74, 6) is -0.876. The summed E-state index contributed by atoms with van der Waals surface area (Å²) in [7, 11) is 3.37. The number of carboxylic acids is 1. The predicted octanol–water partition coefficient (Wildman–Crippen LogP) is 1.06. The van der Waals surface area contributed by atoms with Gasteiger partial charge in [0.05, 0.1) is 0 Å². The molecule has 3 nitrogen and oxygen atoms in total. The van der Waals surface area contributed by atoms with Crippen molar-refractivity contribution in [1.29, 1.82) is 0 Å². The zero-order valence-electron chi connectivity index (χ0n) is 7.23. The normalized spacial score (nSPS) is 12.4. The molecule has 0 spiro atoms. The molecule has 0 aromatic heterocycles. The Bertz CT molecular complexity index is 272. The van der Waals surface area contributed by atoms with E-state index in [0.29, 0.717) is 6.42 Å². The number of aliphatic carboxylic acids is 1. The van der Waals surface area contributed by atoms with Crippen LogP contribution >= 0.6 is 0 Å². The molecule has 0 fully saturated rings. The molecular formula is C10H12NO2. The summed E-state index contributed by atoms with van der Waals surface area (Å²) in [5.41, 5.74) is 0.992. The molecule has 0 aliphatic rings. The summed E-state index contributed by atoms with van der Waals surface area (Å²) in [6.45, 7) is 0. The first-order valence-corrected chi connectivity index (χ1v) is 4.03. The van der Waals surface area contributed by atoms with Gasteiger partial charge in [-0.15, -0.1) is 0 Å². The van der Waals surface area contributed by atoms with Crippen molar-refractivity contribution >= 4 is 5.97 Å². The molecule has 1 aromatic carbocycles. The fraction of sp³-hybridized carbons (Fsp3) is 0.200. The van der Waals surface area contributed by atoms with Crippen LogP contribution in [0.25, 0.3) is 0 Å². The summed E-state index contributed by atoms with van der Waals surface area (Å²) >= 11 is 0. The molecule has 1 radical (unpaired) electrons. The van der Waals surface area contributed by atoms with Gasteiger partial charge in [-0.2, -0.15) is 0 Å². The van der Waals surface area contributed by atoms with E-state index in [1.807, 2.05) is 30.3 Å². The van der Waals surface area contributed by atoms with Gasteiger partial charge >= 0.3 is 5.97 Å². The number of carbonyl (C=O) groups is 1. The van der Waals surface area contributed by atoms with Crippen LogP contribution in [0.1, 0.15) is 5.56 Å². The molecule has 0 amide bonds. The highest BCUT2D eigenvalue weighted by Gasteiger charge is 2.14. The first-order valence-electron chi connectivity index (χ1n) is 4.03. The molecule has 2 N–H and O–H groups in total. The topological polar surface area (TPSA) is 49.3 Å². The number of rotatable bonds is 4. The summed E-state index contributed by atoms with van der Waals surface area (Å²) in [6.07, 6.45) is 0.458. The van der Waals surface area contributed by atoms with Crippen molar-refractivity contribution in [3.63, 3.8) is 0 Å². The molecule has 0 bridgehead atoms. The minimum absolute atomic E-state index is 0.458. The molecule has 0 aliphatic heterocycles. The van der Waals surface area contributed by atoms with E-state index in [1.54, 1.807) is 0 Å². The standard InChI is InChI=1S/C10H12NO2/c1-11-9(10(12)13)7-8-5-3-2-4-6-8/h2-6,9,11H,1,7H2,(H,12,13)/t9-/m0/s1. The molecule has 1 rings (SSSR count). The van der Waals surface area contributed by atoms with Crippen LogP contribution in [0.5, 0.6) is 0 Å². The van der Waals surface area contributed by atoms with E-state index in [9.17, 15) is 4.79 Å². The Morgan fingerprint density at radius 3 is 2.54 bits per heavy atom. The molecule has 0 saturated carbocycles. The second-order valence-corrected chi connectivity index (χ2v) is 2.78. The van der Waals surface area contributed by atoms with Crippen molar-refractivity contribution in [2.24, 2.45) is 0 Å². The van der Waals surface area contributed by atoms with Crippen LogP contribution in [0.4, 0.5) is 0 Å². The fourth-order valence-corrected chi connectivity index (χ4v) is 1.10. The molecule has 0 heterocycles. The van der Waals surface area contributed by atoms with Crippen LogP contribution in [0, 0.1) is 7.05 Å². The van der Waals surface area contributed by atoms with Gasteiger partial charge in [0.1, 0.15) is 6.04 Å². The SMILES string of the molecule is [CH2]N[C@@H](Cc1ccccc1)C(=O)O. The Morgan fingerprint density at radius 2 is 2.08 bits per heavy atom. The molecular weight excluding hydrogens is 166 g/mol. The molecule has 0 saturated heterocycles. The molecule has 69 valence electrons. The lowest BCUT2D eigenvalue weighted by atomic mass is 10.1. The van der Waals surface area contributed by atoms with E-state index in [1.165, 1.54) is 0 Å². The van der Waals surface area contributed by atoms with E-state index in [0.717, 1.165) is 5.56 Å². The summed E-state index contributed by atoms with van der Waals surface area (Å²) in [5, 5.41) is 11.2. The average molecular weight is 178 g/mol. The van der Waals surface area contributed by atoms with Crippen molar-refractivity contribution in [3.05, 3.63) is 42.9 Å². The lowest BCUT2D eigenvalue weighted by molar-refractivity contribution is -0.139. The van der Waals surface area contributed by atoms with Crippen LogP contribution < -0.4 is 5.32 Å². The van der Waals surface area contributed by atoms with Gasteiger partial charge in [0.2, 0.25) is 0 Å². The number of nitrogens with one attached hydrogen (secondary N) is 1. The van der Waals surface area contributed by atoms with Gasteiger partial charge in [0.25, 0.3) is 0 Å². The monoisotopic (exact) mass is 178 g/mol. The van der Waals surface area contributed by atoms with Gasteiger partial charge in [0, 0.05) is 7.05 Å². The average Bonchev–Trinajstić information content (AvgIpc) is 2.15. The number of hydrogen-bond donors (Lipinski definition) is 2. The minimum atomic E-state index is -0.876. The van der Waals surface area contributed by atoms with E-state index < -0.39 is 12.0 Å². The maximum Gasteiger partial charge on any atom is 0.321 e. The van der Waals surface area contributed by atoms with Crippen LogP contribution in [-0.4, -0.2) is 17.1 Å². The lowest BCUT2D eigenvalue weighted by Crippen LogP contribution is -2.34. The molecule has 0 unspecified atom stereocenters. The maximum absolute atomic E-state index is 10.6. The molecule has 0 aliphatic carbocycles. The highest BCUT2D eigenvalue weighted by Crippen LogP contribution is 2.02. The Kier molecular flexibility index (Phi) is 3.46. The van der Waals surface area contributed by atoms with Gasteiger partial charge in [-0.3, -0.25) is 4.79 Å². The Hall–Kier alpha value is -1.35.